The normalized spacial score (nSPS) is 11.7. The van der Waals surface area contributed by atoms with Gasteiger partial charge in [0.05, 0.1) is 5.56 Å². The minimum Gasteiger partial charge on any atom is -0.479 e. The first-order valence-electron chi connectivity index (χ1n) is 5.87. The van der Waals surface area contributed by atoms with E-state index in [1.54, 1.807) is 30.3 Å². The number of carbonyl (C=O) groups is 2. The minimum atomic E-state index is -1.23. The number of carboxylic acid groups (broad SMARTS) is 1. The zero-order chi connectivity index (χ0) is 15.4. The summed E-state index contributed by atoms with van der Waals surface area (Å²) in [6.45, 7) is 0. The van der Waals surface area contributed by atoms with Gasteiger partial charge in [0.25, 0.3) is 5.91 Å². The summed E-state index contributed by atoms with van der Waals surface area (Å²) in [6.07, 6.45) is 2.88. The Bertz CT molecular complexity index is 693. The molecule has 108 valence electrons. The number of aromatic nitrogens is 1. The molecular weight excluding hydrogens is 360 g/mol. The molecule has 0 saturated carbocycles. The van der Waals surface area contributed by atoms with Gasteiger partial charge in [-0.2, -0.15) is 0 Å². The van der Waals surface area contributed by atoms with Crippen LogP contribution in [-0.2, 0) is 4.79 Å². The molecule has 1 aromatic carbocycles. The number of nitrogens with zero attached hydrogens (tertiary/aromatic N) is 1. The molecule has 1 aromatic heterocycles. The van der Waals surface area contributed by atoms with Gasteiger partial charge in [-0.25, -0.2) is 4.79 Å². The molecule has 0 saturated heterocycles. The van der Waals surface area contributed by atoms with Crippen molar-refractivity contribution in [3.8, 4) is 0 Å². The molecule has 0 radical (unpaired) electrons. The molecule has 0 aliphatic heterocycles. The number of halogens is 2. The molecule has 0 unspecified atom stereocenters. The molecule has 0 fully saturated rings. The van der Waals surface area contributed by atoms with E-state index in [4.69, 9.17) is 11.6 Å². The van der Waals surface area contributed by atoms with E-state index in [0.29, 0.717) is 10.0 Å². The molecule has 0 bridgehead atoms. The molecule has 5 nitrogen and oxygen atoms in total. The number of hydrogen-bond acceptors (Lipinski definition) is 3. The number of pyridine rings is 1. The number of benzene rings is 1. The van der Waals surface area contributed by atoms with Gasteiger partial charge in [0.1, 0.15) is 0 Å². The molecule has 1 amide bonds. The fraction of sp³-hybridized carbons (Fsp3) is 0.0714. The van der Waals surface area contributed by atoms with E-state index in [9.17, 15) is 14.7 Å². The summed E-state index contributed by atoms with van der Waals surface area (Å²) < 4.78 is 0.625. The summed E-state index contributed by atoms with van der Waals surface area (Å²) in [4.78, 5) is 27.4. The zero-order valence-electron chi connectivity index (χ0n) is 10.6. The second-order valence-electron chi connectivity index (χ2n) is 4.16. The molecule has 21 heavy (non-hydrogen) atoms. The molecule has 2 aromatic rings. The molecule has 1 heterocycles. The number of carboxylic acids is 1. The van der Waals surface area contributed by atoms with Gasteiger partial charge in [0.2, 0.25) is 0 Å². The second kappa shape index (κ2) is 6.69. The summed E-state index contributed by atoms with van der Waals surface area (Å²) in [5.74, 6) is -1.74. The maximum atomic E-state index is 12.1. The van der Waals surface area contributed by atoms with Crippen molar-refractivity contribution in [1.82, 2.24) is 10.3 Å². The minimum absolute atomic E-state index is 0.252. The van der Waals surface area contributed by atoms with Gasteiger partial charge in [-0.05, 0) is 28.1 Å². The van der Waals surface area contributed by atoms with Gasteiger partial charge in [-0.3, -0.25) is 9.78 Å². The fourth-order valence-corrected chi connectivity index (χ4v) is 2.34. The Hall–Kier alpha value is -1.92. The number of carbonyl (C=O) groups excluding carboxylic acids is 1. The Balaban J connectivity index is 2.27. The number of amides is 1. The van der Waals surface area contributed by atoms with Crippen molar-refractivity contribution in [2.75, 3.05) is 0 Å². The van der Waals surface area contributed by atoms with E-state index in [-0.39, 0.29) is 10.6 Å². The quantitative estimate of drug-likeness (QED) is 0.868. The monoisotopic (exact) mass is 368 g/mol. The first kappa shape index (κ1) is 15.5. The van der Waals surface area contributed by atoms with Crippen LogP contribution in [0.2, 0.25) is 5.02 Å². The van der Waals surface area contributed by atoms with E-state index >= 15 is 0 Å². The van der Waals surface area contributed by atoms with Crippen molar-refractivity contribution in [1.29, 1.82) is 0 Å². The predicted octanol–water partition coefficient (Wildman–Crippen LogP) is 3.05. The highest BCUT2D eigenvalue weighted by atomic mass is 79.9. The van der Waals surface area contributed by atoms with E-state index in [0.717, 1.165) is 0 Å². The van der Waals surface area contributed by atoms with Crippen LogP contribution in [0.4, 0.5) is 0 Å². The van der Waals surface area contributed by atoms with E-state index in [2.05, 4.69) is 26.2 Å². The van der Waals surface area contributed by atoms with Crippen LogP contribution in [0.3, 0.4) is 0 Å². The van der Waals surface area contributed by atoms with Crippen LogP contribution in [0.15, 0.2) is 47.2 Å². The van der Waals surface area contributed by atoms with E-state index in [1.165, 1.54) is 12.4 Å². The van der Waals surface area contributed by atoms with Crippen molar-refractivity contribution in [3.05, 3.63) is 63.3 Å². The Morgan fingerprint density at radius 1 is 1.29 bits per heavy atom. The first-order chi connectivity index (χ1) is 9.99. The highest BCUT2D eigenvalue weighted by Crippen LogP contribution is 2.23. The lowest BCUT2D eigenvalue weighted by atomic mass is 10.1. The number of hydrogen-bond donors (Lipinski definition) is 2. The molecule has 2 N–H and O–H groups in total. The summed E-state index contributed by atoms with van der Waals surface area (Å²) in [6, 6.07) is 6.79. The van der Waals surface area contributed by atoms with E-state index < -0.39 is 17.9 Å². The third-order valence-corrected chi connectivity index (χ3v) is 3.48. The SMILES string of the molecule is O=C(N[C@@H](C(=O)O)c1ccccc1Cl)c1cncc(Br)c1. The molecular formula is C14H10BrClN2O3. The van der Waals surface area contributed by atoms with E-state index in [1.807, 2.05) is 0 Å². The Kier molecular flexibility index (Phi) is 4.93. The molecule has 0 aliphatic carbocycles. The second-order valence-corrected chi connectivity index (χ2v) is 5.48. The van der Waals surface area contributed by atoms with Crippen molar-refractivity contribution in [2.45, 2.75) is 6.04 Å². The van der Waals surface area contributed by atoms with Gasteiger partial charge >= 0.3 is 5.97 Å². The average molecular weight is 370 g/mol. The highest BCUT2D eigenvalue weighted by molar-refractivity contribution is 9.10. The molecule has 7 heteroatoms. The summed E-state index contributed by atoms with van der Waals surface area (Å²) in [5.41, 5.74) is 0.575. The molecule has 1 atom stereocenters. The van der Waals surface area contributed by atoms with Crippen LogP contribution < -0.4 is 5.32 Å². The van der Waals surface area contributed by atoms with Crippen molar-refractivity contribution >= 4 is 39.4 Å². The molecule has 0 spiro atoms. The van der Waals surface area contributed by atoms with Gasteiger partial charge in [-0.1, -0.05) is 29.8 Å². The maximum absolute atomic E-state index is 12.1. The number of aliphatic carboxylic acids is 1. The summed E-state index contributed by atoms with van der Waals surface area (Å²) in [5, 5.41) is 12.0. The number of rotatable bonds is 4. The van der Waals surface area contributed by atoms with Crippen LogP contribution in [0.25, 0.3) is 0 Å². The zero-order valence-corrected chi connectivity index (χ0v) is 12.9. The van der Waals surface area contributed by atoms with Crippen molar-refractivity contribution in [2.24, 2.45) is 0 Å². The lowest BCUT2D eigenvalue weighted by Crippen LogP contribution is -2.34. The Morgan fingerprint density at radius 2 is 2.00 bits per heavy atom. The first-order valence-corrected chi connectivity index (χ1v) is 7.05. The van der Waals surface area contributed by atoms with Crippen molar-refractivity contribution < 1.29 is 14.7 Å². The maximum Gasteiger partial charge on any atom is 0.330 e. The van der Waals surface area contributed by atoms with Crippen molar-refractivity contribution in [3.63, 3.8) is 0 Å². The fourth-order valence-electron chi connectivity index (χ4n) is 1.73. The van der Waals surface area contributed by atoms with Gasteiger partial charge in [0.15, 0.2) is 6.04 Å². The number of nitrogens with one attached hydrogen (secondary N) is 1. The molecule has 2 rings (SSSR count). The van der Waals surface area contributed by atoms with Gasteiger partial charge < -0.3 is 10.4 Å². The topological polar surface area (TPSA) is 79.3 Å². The van der Waals surface area contributed by atoms with Crippen LogP contribution in [0.5, 0.6) is 0 Å². The van der Waals surface area contributed by atoms with Crippen LogP contribution in [0.1, 0.15) is 22.0 Å². The molecule has 0 aliphatic rings. The smallest absolute Gasteiger partial charge is 0.330 e. The lowest BCUT2D eigenvalue weighted by Gasteiger charge is -2.16. The summed E-state index contributed by atoms with van der Waals surface area (Å²) in [7, 11) is 0. The van der Waals surface area contributed by atoms with Crippen LogP contribution in [0, 0.1) is 0 Å². The summed E-state index contributed by atoms with van der Waals surface area (Å²) >= 11 is 9.19. The third-order valence-electron chi connectivity index (χ3n) is 2.71. The van der Waals surface area contributed by atoms with Gasteiger partial charge in [-0.15, -0.1) is 0 Å². The van der Waals surface area contributed by atoms with Gasteiger partial charge in [0, 0.05) is 27.5 Å². The highest BCUT2D eigenvalue weighted by Gasteiger charge is 2.24. The Labute approximate surface area is 134 Å². The standard InChI is InChI=1S/C14H10BrClN2O3/c15-9-5-8(6-17-7-9)13(19)18-12(14(20)21)10-3-1-2-4-11(10)16/h1-7,12H,(H,18,19)(H,20,21)/t12-/m1/s1. The Morgan fingerprint density at radius 3 is 2.62 bits per heavy atom. The average Bonchev–Trinajstić information content (AvgIpc) is 2.45. The van der Waals surface area contributed by atoms with Crippen LogP contribution in [-0.4, -0.2) is 22.0 Å². The van der Waals surface area contributed by atoms with Crippen LogP contribution >= 0.6 is 27.5 Å². The third kappa shape index (κ3) is 3.80. The predicted molar refractivity (Wildman–Crippen MR) is 81.2 cm³/mol. The lowest BCUT2D eigenvalue weighted by molar-refractivity contribution is -0.139. The largest absolute Gasteiger partial charge is 0.479 e.